The van der Waals surface area contributed by atoms with Crippen molar-refractivity contribution in [2.45, 2.75) is 6.10 Å². The lowest BCUT2D eigenvalue weighted by Gasteiger charge is -2.27. The molecule has 106 valence electrons. The molecule has 1 aliphatic rings. The summed E-state index contributed by atoms with van der Waals surface area (Å²) in [5.41, 5.74) is 4.73. The molecule has 1 nitrogen and oxygen atoms in total. The first kappa shape index (κ1) is 12.9. The van der Waals surface area contributed by atoms with Gasteiger partial charge < -0.3 is 4.74 Å². The maximum Gasteiger partial charge on any atom is 0.149 e. The lowest BCUT2D eigenvalue weighted by molar-refractivity contribution is 0.206. The van der Waals surface area contributed by atoms with Gasteiger partial charge in [-0.2, -0.15) is 0 Å². The van der Waals surface area contributed by atoms with Gasteiger partial charge in [0.2, 0.25) is 0 Å². The third kappa shape index (κ3) is 2.31. The summed E-state index contributed by atoms with van der Waals surface area (Å²) < 4.78 is 6.35. The monoisotopic (exact) mass is 284 g/mol. The van der Waals surface area contributed by atoms with Crippen LogP contribution in [0.4, 0.5) is 0 Å². The fraction of sp³-hybridized carbons (Fsp3) is 0.0476. The van der Waals surface area contributed by atoms with E-state index in [1.54, 1.807) is 0 Å². The number of hydrogen-bond acceptors (Lipinski definition) is 1. The lowest BCUT2D eigenvalue weighted by atomic mass is 9.93. The molecule has 22 heavy (non-hydrogen) atoms. The third-order valence-corrected chi connectivity index (χ3v) is 3.97. The van der Waals surface area contributed by atoms with Crippen LogP contribution in [0.2, 0.25) is 0 Å². The summed E-state index contributed by atoms with van der Waals surface area (Å²) in [6, 6.07) is 29.1. The maximum atomic E-state index is 6.35. The molecule has 0 amide bonds. The van der Waals surface area contributed by atoms with Crippen LogP contribution in [0.15, 0.2) is 84.9 Å². The summed E-state index contributed by atoms with van der Waals surface area (Å²) in [6.07, 6.45) is 2.07. The SMILES string of the molecule is C1=C(c2ccccc2)OC(c2ccccc2)c2ccccc21. The minimum Gasteiger partial charge on any atom is -0.480 e. The molecule has 4 rings (SSSR count). The van der Waals surface area contributed by atoms with Crippen molar-refractivity contribution < 1.29 is 4.74 Å². The normalized spacial score (nSPS) is 16.4. The molecule has 0 aromatic heterocycles. The van der Waals surface area contributed by atoms with E-state index in [0.29, 0.717) is 0 Å². The van der Waals surface area contributed by atoms with E-state index in [0.717, 1.165) is 11.3 Å². The zero-order valence-electron chi connectivity index (χ0n) is 12.1. The molecule has 0 saturated heterocycles. The van der Waals surface area contributed by atoms with Crippen molar-refractivity contribution in [2.24, 2.45) is 0 Å². The molecule has 1 unspecified atom stereocenters. The van der Waals surface area contributed by atoms with Crippen molar-refractivity contribution in [3.63, 3.8) is 0 Å². The van der Waals surface area contributed by atoms with E-state index in [2.05, 4.69) is 66.7 Å². The Balaban J connectivity index is 1.84. The fourth-order valence-corrected chi connectivity index (χ4v) is 2.88. The molecular formula is C21H16O. The molecular weight excluding hydrogens is 268 g/mol. The van der Waals surface area contributed by atoms with Gasteiger partial charge >= 0.3 is 0 Å². The molecule has 3 aromatic rings. The molecule has 3 aromatic carbocycles. The van der Waals surface area contributed by atoms with E-state index in [4.69, 9.17) is 4.74 Å². The van der Waals surface area contributed by atoms with Crippen LogP contribution in [0.3, 0.4) is 0 Å². The third-order valence-electron chi connectivity index (χ3n) is 3.97. The van der Waals surface area contributed by atoms with E-state index in [1.165, 1.54) is 16.7 Å². The molecule has 0 N–H and O–H groups in total. The first-order valence-corrected chi connectivity index (χ1v) is 7.49. The van der Waals surface area contributed by atoms with Gasteiger partial charge in [-0.05, 0) is 17.2 Å². The fourth-order valence-electron chi connectivity index (χ4n) is 2.88. The zero-order chi connectivity index (χ0) is 14.8. The average molecular weight is 284 g/mol. The number of hydrogen-bond donors (Lipinski definition) is 0. The van der Waals surface area contributed by atoms with E-state index in [1.807, 2.05) is 24.3 Å². The molecule has 1 aliphatic heterocycles. The van der Waals surface area contributed by atoms with Gasteiger partial charge in [0, 0.05) is 11.1 Å². The number of ether oxygens (including phenoxy) is 1. The second kappa shape index (κ2) is 5.53. The molecule has 0 saturated carbocycles. The number of fused-ring (bicyclic) bond motifs is 1. The van der Waals surface area contributed by atoms with Crippen molar-refractivity contribution in [3.05, 3.63) is 107 Å². The van der Waals surface area contributed by atoms with Gasteiger partial charge in [0.05, 0.1) is 0 Å². The van der Waals surface area contributed by atoms with Gasteiger partial charge in [-0.3, -0.25) is 0 Å². The summed E-state index contributed by atoms with van der Waals surface area (Å²) in [6.45, 7) is 0. The summed E-state index contributed by atoms with van der Waals surface area (Å²) >= 11 is 0. The quantitative estimate of drug-likeness (QED) is 0.620. The molecule has 1 atom stereocenters. The average Bonchev–Trinajstić information content (AvgIpc) is 2.62. The highest BCUT2D eigenvalue weighted by atomic mass is 16.5. The minimum atomic E-state index is -0.0578. The van der Waals surface area contributed by atoms with Gasteiger partial charge in [0.15, 0.2) is 0 Å². The van der Waals surface area contributed by atoms with E-state index >= 15 is 0 Å². The Morgan fingerprint density at radius 3 is 2.05 bits per heavy atom. The zero-order valence-corrected chi connectivity index (χ0v) is 12.1. The highest BCUT2D eigenvalue weighted by molar-refractivity contribution is 5.80. The van der Waals surface area contributed by atoms with Crippen LogP contribution in [0.25, 0.3) is 11.8 Å². The van der Waals surface area contributed by atoms with E-state index in [9.17, 15) is 0 Å². The van der Waals surface area contributed by atoms with Gasteiger partial charge in [0.25, 0.3) is 0 Å². The molecule has 0 fully saturated rings. The first-order chi connectivity index (χ1) is 10.9. The predicted octanol–water partition coefficient (Wildman–Crippen LogP) is 5.30. The van der Waals surface area contributed by atoms with Crippen LogP contribution in [0.1, 0.15) is 28.4 Å². The first-order valence-electron chi connectivity index (χ1n) is 7.49. The highest BCUT2D eigenvalue weighted by Gasteiger charge is 2.24. The Morgan fingerprint density at radius 1 is 0.636 bits per heavy atom. The Labute approximate surface area is 130 Å². The van der Waals surface area contributed by atoms with Crippen LogP contribution in [0.5, 0.6) is 0 Å². The van der Waals surface area contributed by atoms with Crippen molar-refractivity contribution in [1.82, 2.24) is 0 Å². The van der Waals surface area contributed by atoms with Crippen molar-refractivity contribution in [1.29, 1.82) is 0 Å². The Hall–Kier alpha value is -2.80. The van der Waals surface area contributed by atoms with Gasteiger partial charge in [-0.25, -0.2) is 0 Å². The van der Waals surface area contributed by atoms with E-state index in [-0.39, 0.29) is 6.10 Å². The Bertz CT molecular complexity index is 804. The second-order valence-electron chi connectivity index (χ2n) is 5.41. The second-order valence-corrected chi connectivity index (χ2v) is 5.41. The topological polar surface area (TPSA) is 9.23 Å². The molecule has 1 heteroatoms. The summed E-state index contributed by atoms with van der Waals surface area (Å²) in [5, 5.41) is 0. The largest absolute Gasteiger partial charge is 0.480 e. The van der Waals surface area contributed by atoms with Gasteiger partial charge in [-0.1, -0.05) is 84.9 Å². The van der Waals surface area contributed by atoms with Crippen LogP contribution < -0.4 is 0 Å². The van der Waals surface area contributed by atoms with Crippen molar-refractivity contribution in [2.75, 3.05) is 0 Å². The van der Waals surface area contributed by atoms with Crippen LogP contribution in [-0.4, -0.2) is 0 Å². The lowest BCUT2D eigenvalue weighted by Crippen LogP contribution is -2.11. The summed E-state index contributed by atoms with van der Waals surface area (Å²) in [4.78, 5) is 0. The molecule has 0 radical (unpaired) electrons. The molecule has 0 aliphatic carbocycles. The minimum absolute atomic E-state index is 0.0578. The van der Waals surface area contributed by atoms with Gasteiger partial charge in [-0.15, -0.1) is 0 Å². The van der Waals surface area contributed by atoms with Crippen LogP contribution in [0, 0.1) is 0 Å². The van der Waals surface area contributed by atoms with E-state index < -0.39 is 0 Å². The summed E-state index contributed by atoms with van der Waals surface area (Å²) in [5.74, 6) is 0.924. The maximum absolute atomic E-state index is 6.35. The summed E-state index contributed by atoms with van der Waals surface area (Å²) in [7, 11) is 0. The standard InChI is InChI=1S/C21H16O/c1-3-9-16(10-4-1)20-15-18-13-7-8-14-19(18)21(22-20)17-11-5-2-6-12-17/h1-15,21H. The number of benzene rings is 3. The predicted molar refractivity (Wildman–Crippen MR) is 90.1 cm³/mol. The van der Waals surface area contributed by atoms with Crippen molar-refractivity contribution >= 4 is 11.8 Å². The Kier molecular flexibility index (Phi) is 3.24. The van der Waals surface area contributed by atoms with Crippen molar-refractivity contribution in [3.8, 4) is 0 Å². The molecule has 1 heterocycles. The van der Waals surface area contributed by atoms with Gasteiger partial charge in [0.1, 0.15) is 11.9 Å². The smallest absolute Gasteiger partial charge is 0.149 e. The Morgan fingerprint density at radius 2 is 1.27 bits per heavy atom. The highest BCUT2D eigenvalue weighted by Crippen LogP contribution is 2.39. The molecule has 0 bridgehead atoms. The van der Waals surface area contributed by atoms with Crippen LogP contribution in [-0.2, 0) is 4.74 Å². The molecule has 0 spiro atoms. The van der Waals surface area contributed by atoms with Crippen LogP contribution >= 0.6 is 0 Å². The number of rotatable bonds is 2.